The third-order valence-electron chi connectivity index (χ3n) is 5.37. The lowest BCUT2D eigenvalue weighted by Gasteiger charge is -2.34. The van der Waals surface area contributed by atoms with Gasteiger partial charge in [-0.05, 0) is 42.9 Å². The summed E-state index contributed by atoms with van der Waals surface area (Å²) in [5, 5.41) is 9.36. The summed E-state index contributed by atoms with van der Waals surface area (Å²) in [5.41, 5.74) is 6.12. The number of piperazine rings is 1. The van der Waals surface area contributed by atoms with Crippen molar-refractivity contribution in [1.82, 2.24) is 14.5 Å². The molecule has 1 fully saturated rings. The molecule has 0 N–H and O–H groups in total. The summed E-state index contributed by atoms with van der Waals surface area (Å²) < 4.78 is 2.14. The summed E-state index contributed by atoms with van der Waals surface area (Å²) in [6, 6.07) is 17.1. The van der Waals surface area contributed by atoms with Gasteiger partial charge in [-0.3, -0.25) is 4.98 Å². The number of rotatable bonds is 3. The third kappa shape index (κ3) is 3.32. The normalized spacial score (nSPS) is 14.9. The lowest BCUT2D eigenvalue weighted by atomic mass is 10.1. The summed E-state index contributed by atoms with van der Waals surface area (Å²) in [6.45, 7) is 4.36. The zero-order valence-electron chi connectivity index (χ0n) is 15.8. The second-order valence-corrected chi connectivity index (χ2v) is 7.03. The van der Waals surface area contributed by atoms with Gasteiger partial charge in [-0.1, -0.05) is 12.1 Å². The van der Waals surface area contributed by atoms with Gasteiger partial charge in [-0.25, -0.2) is 0 Å². The molecule has 0 bridgehead atoms. The van der Waals surface area contributed by atoms with Gasteiger partial charge in [0.15, 0.2) is 0 Å². The van der Waals surface area contributed by atoms with Crippen molar-refractivity contribution < 1.29 is 0 Å². The maximum Gasteiger partial charge on any atom is 0.101 e. The van der Waals surface area contributed by atoms with Crippen LogP contribution in [0.3, 0.4) is 0 Å². The summed E-state index contributed by atoms with van der Waals surface area (Å²) >= 11 is 0. The van der Waals surface area contributed by atoms with E-state index in [9.17, 15) is 5.26 Å². The molecule has 0 spiro atoms. The molecule has 3 aromatic rings. The molecule has 27 heavy (non-hydrogen) atoms. The highest BCUT2D eigenvalue weighted by Gasteiger charge is 2.15. The van der Waals surface area contributed by atoms with Crippen LogP contribution in [0.4, 0.5) is 5.69 Å². The standard InChI is InChI=1S/C22H23N5/c1-25-11-13-27(14-12-25)19-5-3-17(4-6-19)21-7-8-22(26(21)2)20-9-10-24-16-18(20)15-23/h3-10,16H,11-14H2,1-2H3. The van der Waals surface area contributed by atoms with Crippen molar-refractivity contribution in [3.05, 3.63) is 60.4 Å². The van der Waals surface area contributed by atoms with Gasteiger partial charge in [0.2, 0.25) is 0 Å². The average Bonchev–Trinajstić information content (AvgIpc) is 3.10. The average molecular weight is 357 g/mol. The summed E-state index contributed by atoms with van der Waals surface area (Å²) in [6.07, 6.45) is 3.35. The summed E-state index contributed by atoms with van der Waals surface area (Å²) in [4.78, 5) is 8.86. The SMILES string of the molecule is CN1CCN(c2ccc(-c3ccc(-c4ccncc4C#N)n3C)cc2)CC1. The van der Waals surface area contributed by atoms with Gasteiger partial charge < -0.3 is 14.4 Å². The molecular weight excluding hydrogens is 334 g/mol. The largest absolute Gasteiger partial charge is 0.369 e. The van der Waals surface area contributed by atoms with Gasteiger partial charge in [0.1, 0.15) is 6.07 Å². The fourth-order valence-corrected chi connectivity index (χ4v) is 3.69. The van der Waals surface area contributed by atoms with Crippen molar-refractivity contribution >= 4 is 5.69 Å². The van der Waals surface area contributed by atoms with Crippen molar-refractivity contribution in [3.63, 3.8) is 0 Å². The third-order valence-corrected chi connectivity index (χ3v) is 5.37. The van der Waals surface area contributed by atoms with E-state index in [4.69, 9.17) is 0 Å². The quantitative estimate of drug-likeness (QED) is 0.721. The Morgan fingerprint density at radius 1 is 0.889 bits per heavy atom. The molecule has 5 nitrogen and oxygen atoms in total. The van der Waals surface area contributed by atoms with Gasteiger partial charge in [-0.15, -0.1) is 0 Å². The van der Waals surface area contributed by atoms with Crippen LogP contribution in [0.2, 0.25) is 0 Å². The Labute approximate surface area is 160 Å². The topological polar surface area (TPSA) is 48.1 Å². The molecule has 4 rings (SSSR count). The minimum atomic E-state index is 0.593. The van der Waals surface area contributed by atoms with Crippen LogP contribution in [0.25, 0.3) is 22.5 Å². The molecule has 1 aliphatic rings. The molecule has 5 heteroatoms. The van der Waals surface area contributed by atoms with Crippen molar-refractivity contribution in [3.8, 4) is 28.6 Å². The Morgan fingerprint density at radius 2 is 1.59 bits per heavy atom. The van der Waals surface area contributed by atoms with E-state index in [-0.39, 0.29) is 0 Å². The zero-order chi connectivity index (χ0) is 18.8. The summed E-state index contributed by atoms with van der Waals surface area (Å²) in [5.74, 6) is 0. The summed E-state index contributed by atoms with van der Waals surface area (Å²) in [7, 11) is 4.22. The van der Waals surface area contributed by atoms with E-state index in [0.29, 0.717) is 5.56 Å². The Kier molecular flexibility index (Phi) is 4.66. The molecule has 0 unspecified atom stereocenters. The number of aromatic nitrogens is 2. The fraction of sp³-hybridized carbons (Fsp3) is 0.273. The number of nitriles is 1. The van der Waals surface area contributed by atoms with Crippen LogP contribution >= 0.6 is 0 Å². The predicted molar refractivity (Wildman–Crippen MR) is 109 cm³/mol. The van der Waals surface area contributed by atoms with Gasteiger partial charge in [0, 0.05) is 68.3 Å². The van der Waals surface area contributed by atoms with Crippen molar-refractivity contribution in [2.75, 3.05) is 38.1 Å². The highest BCUT2D eigenvalue weighted by atomic mass is 15.2. The molecule has 0 atom stereocenters. The van der Waals surface area contributed by atoms with E-state index in [1.165, 1.54) is 11.3 Å². The van der Waals surface area contributed by atoms with Crippen LogP contribution in [-0.4, -0.2) is 47.7 Å². The Balaban J connectivity index is 1.61. The van der Waals surface area contributed by atoms with E-state index in [0.717, 1.165) is 43.1 Å². The monoisotopic (exact) mass is 357 g/mol. The molecule has 1 saturated heterocycles. The number of hydrogen-bond acceptors (Lipinski definition) is 4. The molecule has 2 aromatic heterocycles. The number of likely N-dealkylation sites (N-methyl/N-ethyl adjacent to an activating group) is 1. The number of nitrogens with zero attached hydrogens (tertiary/aromatic N) is 5. The van der Waals surface area contributed by atoms with Crippen LogP contribution in [0.15, 0.2) is 54.9 Å². The minimum absolute atomic E-state index is 0.593. The first kappa shape index (κ1) is 17.3. The molecule has 1 aromatic carbocycles. The van der Waals surface area contributed by atoms with E-state index in [1.54, 1.807) is 12.4 Å². The van der Waals surface area contributed by atoms with Gasteiger partial charge >= 0.3 is 0 Å². The van der Waals surface area contributed by atoms with Gasteiger partial charge in [-0.2, -0.15) is 5.26 Å². The van der Waals surface area contributed by atoms with Crippen molar-refractivity contribution in [2.24, 2.45) is 7.05 Å². The van der Waals surface area contributed by atoms with E-state index in [1.807, 2.05) is 13.1 Å². The first-order valence-corrected chi connectivity index (χ1v) is 9.21. The zero-order valence-corrected chi connectivity index (χ0v) is 15.8. The second-order valence-electron chi connectivity index (χ2n) is 7.03. The van der Waals surface area contributed by atoms with Crippen LogP contribution in [0, 0.1) is 11.3 Å². The molecule has 3 heterocycles. The van der Waals surface area contributed by atoms with Crippen molar-refractivity contribution in [2.45, 2.75) is 0 Å². The van der Waals surface area contributed by atoms with Crippen molar-refractivity contribution in [1.29, 1.82) is 5.26 Å². The smallest absolute Gasteiger partial charge is 0.101 e. The number of hydrogen-bond donors (Lipinski definition) is 0. The number of benzene rings is 1. The van der Waals surface area contributed by atoms with Crippen LogP contribution in [0.1, 0.15) is 5.56 Å². The molecule has 0 saturated carbocycles. The molecule has 136 valence electrons. The molecule has 1 aliphatic heterocycles. The highest BCUT2D eigenvalue weighted by Crippen LogP contribution is 2.30. The van der Waals surface area contributed by atoms with Crippen LogP contribution in [-0.2, 0) is 7.05 Å². The van der Waals surface area contributed by atoms with E-state index in [2.05, 4.69) is 68.9 Å². The highest BCUT2D eigenvalue weighted by molar-refractivity contribution is 5.73. The fourth-order valence-electron chi connectivity index (χ4n) is 3.69. The Hall–Kier alpha value is -3.10. The Morgan fingerprint density at radius 3 is 2.30 bits per heavy atom. The minimum Gasteiger partial charge on any atom is -0.369 e. The molecule has 0 amide bonds. The lowest BCUT2D eigenvalue weighted by molar-refractivity contribution is 0.313. The first-order valence-electron chi connectivity index (χ1n) is 9.21. The lowest BCUT2D eigenvalue weighted by Crippen LogP contribution is -2.44. The first-order chi connectivity index (χ1) is 13.2. The second kappa shape index (κ2) is 7.26. The number of anilines is 1. The van der Waals surface area contributed by atoms with Gasteiger partial charge in [0.05, 0.1) is 5.56 Å². The van der Waals surface area contributed by atoms with E-state index < -0.39 is 0 Å². The number of pyridine rings is 1. The van der Waals surface area contributed by atoms with Crippen LogP contribution in [0.5, 0.6) is 0 Å². The molecular formula is C22H23N5. The molecule has 0 aliphatic carbocycles. The van der Waals surface area contributed by atoms with Gasteiger partial charge in [0.25, 0.3) is 0 Å². The Bertz CT molecular complexity index is 973. The molecule has 0 radical (unpaired) electrons. The maximum atomic E-state index is 9.36. The van der Waals surface area contributed by atoms with E-state index >= 15 is 0 Å². The van der Waals surface area contributed by atoms with Crippen LogP contribution < -0.4 is 4.90 Å². The predicted octanol–water partition coefficient (Wildman–Crippen LogP) is 3.38. The maximum absolute atomic E-state index is 9.36.